The SMILES string of the molecule is COc1ccc(CNCc2ccc(Cn3cncn3)cc2)cc1F. The Morgan fingerprint density at radius 2 is 1.75 bits per heavy atom. The Labute approximate surface area is 140 Å². The number of ether oxygens (including phenoxy) is 1. The molecule has 0 unspecified atom stereocenters. The predicted octanol–water partition coefficient (Wildman–Crippen LogP) is 2.76. The molecule has 0 fully saturated rings. The summed E-state index contributed by atoms with van der Waals surface area (Å²) in [6.45, 7) is 2.03. The molecule has 0 aliphatic carbocycles. The molecule has 1 heterocycles. The third-order valence-corrected chi connectivity index (χ3v) is 3.71. The number of nitrogens with one attached hydrogen (secondary N) is 1. The number of halogens is 1. The molecule has 0 amide bonds. The van der Waals surface area contributed by atoms with Crippen LogP contribution in [0.15, 0.2) is 55.1 Å². The predicted molar refractivity (Wildman–Crippen MR) is 89.1 cm³/mol. The fourth-order valence-corrected chi connectivity index (χ4v) is 2.43. The van der Waals surface area contributed by atoms with E-state index in [0.29, 0.717) is 13.1 Å². The number of hydrogen-bond donors (Lipinski definition) is 1. The van der Waals surface area contributed by atoms with Crippen LogP contribution in [0.3, 0.4) is 0 Å². The minimum absolute atomic E-state index is 0.265. The van der Waals surface area contributed by atoms with Crippen molar-refractivity contribution in [3.05, 3.63) is 77.6 Å². The number of methoxy groups -OCH3 is 1. The first-order valence-electron chi connectivity index (χ1n) is 7.68. The molecule has 0 saturated carbocycles. The van der Waals surface area contributed by atoms with Gasteiger partial charge in [-0.3, -0.25) is 0 Å². The van der Waals surface area contributed by atoms with Gasteiger partial charge in [0.2, 0.25) is 0 Å². The van der Waals surface area contributed by atoms with Crippen molar-refractivity contribution < 1.29 is 9.13 Å². The highest BCUT2D eigenvalue weighted by Gasteiger charge is 2.03. The van der Waals surface area contributed by atoms with E-state index in [1.807, 2.05) is 6.07 Å². The van der Waals surface area contributed by atoms with Crippen LogP contribution in [0.2, 0.25) is 0 Å². The third kappa shape index (κ3) is 4.17. The monoisotopic (exact) mass is 326 g/mol. The standard InChI is InChI=1S/C18H19FN4O/c1-24-18-7-6-16(8-17(18)19)10-20-9-14-2-4-15(5-3-14)11-23-13-21-12-22-23/h2-8,12-13,20H,9-11H2,1H3. The van der Waals surface area contributed by atoms with E-state index in [9.17, 15) is 4.39 Å². The number of nitrogens with zero attached hydrogens (tertiary/aromatic N) is 3. The summed E-state index contributed by atoms with van der Waals surface area (Å²) in [5.41, 5.74) is 3.23. The quantitative estimate of drug-likeness (QED) is 0.725. The van der Waals surface area contributed by atoms with E-state index >= 15 is 0 Å². The zero-order valence-corrected chi connectivity index (χ0v) is 13.4. The maximum atomic E-state index is 13.6. The minimum atomic E-state index is -0.339. The molecule has 2 aromatic carbocycles. The van der Waals surface area contributed by atoms with Gasteiger partial charge in [0.25, 0.3) is 0 Å². The van der Waals surface area contributed by atoms with E-state index in [1.54, 1.807) is 17.1 Å². The summed E-state index contributed by atoms with van der Waals surface area (Å²) in [6.07, 6.45) is 3.23. The van der Waals surface area contributed by atoms with Gasteiger partial charge >= 0.3 is 0 Å². The number of aromatic nitrogens is 3. The highest BCUT2D eigenvalue weighted by molar-refractivity contribution is 5.29. The molecule has 124 valence electrons. The van der Waals surface area contributed by atoms with Gasteiger partial charge in [-0.2, -0.15) is 5.10 Å². The largest absolute Gasteiger partial charge is 0.494 e. The topological polar surface area (TPSA) is 52.0 Å². The molecule has 3 rings (SSSR count). The maximum Gasteiger partial charge on any atom is 0.165 e. The van der Waals surface area contributed by atoms with Crippen LogP contribution < -0.4 is 10.1 Å². The lowest BCUT2D eigenvalue weighted by Crippen LogP contribution is -2.13. The highest BCUT2D eigenvalue weighted by Crippen LogP contribution is 2.17. The van der Waals surface area contributed by atoms with Crippen LogP contribution >= 0.6 is 0 Å². The molecule has 5 nitrogen and oxygen atoms in total. The summed E-state index contributed by atoms with van der Waals surface area (Å²) in [7, 11) is 1.46. The van der Waals surface area contributed by atoms with Crippen LogP contribution in [0, 0.1) is 5.82 Å². The van der Waals surface area contributed by atoms with Crippen LogP contribution in [0.5, 0.6) is 5.75 Å². The lowest BCUT2D eigenvalue weighted by Gasteiger charge is -2.08. The molecule has 0 radical (unpaired) electrons. The van der Waals surface area contributed by atoms with E-state index in [2.05, 4.69) is 39.7 Å². The van der Waals surface area contributed by atoms with Gasteiger partial charge in [0.05, 0.1) is 13.7 Å². The highest BCUT2D eigenvalue weighted by atomic mass is 19.1. The average Bonchev–Trinajstić information content (AvgIpc) is 3.10. The smallest absolute Gasteiger partial charge is 0.165 e. The number of benzene rings is 2. The van der Waals surface area contributed by atoms with Gasteiger partial charge in [0.1, 0.15) is 12.7 Å². The zero-order chi connectivity index (χ0) is 16.8. The van der Waals surface area contributed by atoms with Crippen molar-refractivity contribution in [2.45, 2.75) is 19.6 Å². The van der Waals surface area contributed by atoms with Crippen molar-refractivity contribution in [3.63, 3.8) is 0 Å². The molecule has 0 saturated heterocycles. The molecule has 1 N–H and O–H groups in total. The zero-order valence-electron chi connectivity index (χ0n) is 13.4. The van der Waals surface area contributed by atoms with Crippen molar-refractivity contribution >= 4 is 0 Å². The second-order valence-corrected chi connectivity index (χ2v) is 5.48. The summed E-state index contributed by atoms with van der Waals surface area (Å²) in [5, 5.41) is 7.40. The maximum absolute atomic E-state index is 13.6. The summed E-state index contributed by atoms with van der Waals surface area (Å²) in [5.74, 6) is -0.0732. The van der Waals surface area contributed by atoms with Crippen LogP contribution in [0.25, 0.3) is 0 Å². The van der Waals surface area contributed by atoms with Crippen molar-refractivity contribution in [1.82, 2.24) is 20.1 Å². The molecule has 6 heteroatoms. The number of rotatable bonds is 7. The Morgan fingerprint density at radius 1 is 1.04 bits per heavy atom. The molecule has 0 aliphatic heterocycles. The molecule has 3 aromatic rings. The first kappa shape index (κ1) is 16.1. The van der Waals surface area contributed by atoms with Gasteiger partial charge in [-0.25, -0.2) is 14.1 Å². The van der Waals surface area contributed by atoms with Crippen molar-refractivity contribution in [1.29, 1.82) is 0 Å². The first-order valence-corrected chi connectivity index (χ1v) is 7.68. The van der Waals surface area contributed by atoms with Crippen LogP contribution in [-0.2, 0) is 19.6 Å². The fourth-order valence-electron chi connectivity index (χ4n) is 2.43. The second kappa shape index (κ2) is 7.70. The Bertz CT molecular complexity index is 772. The average molecular weight is 326 g/mol. The molecule has 0 atom stereocenters. The molecule has 0 spiro atoms. The van der Waals surface area contributed by atoms with Crippen LogP contribution in [0.4, 0.5) is 4.39 Å². The summed E-state index contributed by atoms with van der Waals surface area (Å²) >= 11 is 0. The summed E-state index contributed by atoms with van der Waals surface area (Å²) in [6, 6.07) is 13.3. The van der Waals surface area contributed by atoms with Gasteiger partial charge in [-0.15, -0.1) is 0 Å². The lowest BCUT2D eigenvalue weighted by molar-refractivity contribution is 0.386. The first-order chi connectivity index (χ1) is 11.7. The van der Waals surface area contributed by atoms with E-state index < -0.39 is 0 Å². The molecule has 1 aromatic heterocycles. The van der Waals surface area contributed by atoms with Gasteiger partial charge < -0.3 is 10.1 Å². The van der Waals surface area contributed by atoms with Crippen molar-refractivity contribution in [3.8, 4) is 5.75 Å². The van der Waals surface area contributed by atoms with E-state index in [-0.39, 0.29) is 11.6 Å². The number of hydrogen-bond acceptors (Lipinski definition) is 4. The normalized spacial score (nSPS) is 10.8. The van der Waals surface area contributed by atoms with Gasteiger partial charge in [0, 0.05) is 13.1 Å². The third-order valence-electron chi connectivity index (χ3n) is 3.71. The van der Waals surface area contributed by atoms with E-state index in [1.165, 1.54) is 30.6 Å². The van der Waals surface area contributed by atoms with Gasteiger partial charge in [-0.1, -0.05) is 30.3 Å². The molecular formula is C18H19FN4O. The fraction of sp³-hybridized carbons (Fsp3) is 0.222. The van der Waals surface area contributed by atoms with Crippen molar-refractivity contribution in [2.75, 3.05) is 7.11 Å². The lowest BCUT2D eigenvalue weighted by atomic mass is 10.1. The summed E-state index contributed by atoms with van der Waals surface area (Å²) < 4.78 is 20.3. The Kier molecular flexibility index (Phi) is 5.18. The minimum Gasteiger partial charge on any atom is -0.494 e. The Morgan fingerprint density at radius 3 is 2.42 bits per heavy atom. The molecule has 24 heavy (non-hydrogen) atoms. The van der Waals surface area contributed by atoms with Gasteiger partial charge in [-0.05, 0) is 28.8 Å². The van der Waals surface area contributed by atoms with Crippen LogP contribution in [-0.4, -0.2) is 21.9 Å². The Hall–Kier alpha value is -2.73. The Balaban J connectivity index is 1.50. The second-order valence-electron chi connectivity index (χ2n) is 5.48. The molecular weight excluding hydrogens is 307 g/mol. The molecule has 0 aliphatic rings. The van der Waals surface area contributed by atoms with E-state index in [0.717, 1.165) is 12.1 Å². The van der Waals surface area contributed by atoms with Crippen LogP contribution in [0.1, 0.15) is 16.7 Å². The van der Waals surface area contributed by atoms with E-state index in [4.69, 9.17) is 4.74 Å². The van der Waals surface area contributed by atoms with Crippen molar-refractivity contribution in [2.24, 2.45) is 0 Å². The van der Waals surface area contributed by atoms with Gasteiger partial charge in [0.15, 0.2) is 11.6 Å². The summed E-state index contributed by atoms with van der Waals surface area (Å²) in [4.78, 5) is 3.93. The molecule has 0 bridgehead atoms.